The summed E-state index contributed by atoms with van der Waals surface area (Å²) in [4.78, 5) is 37.9. The Kier molecular flexibility index (Phi) is 6.06. The van der Waals surface area contributed by atoms with Gasteiger partial charge in [0, 0.05) is 37.0 Å². The van der Waals surface area contributed by atoms with Crippen LogP contribution in [-0.2, 0) is 19.6 Å². The SMILES string of the molecule is CC(=O)Nc1ccc(NS(C)(=O)=O)c(C(=O)Nc2cccc(N3CCCC3=O)c2)c1. The molecule has 1 saturated heterocycles. The first-order valence-electron chi connectivity index (χ1n) is 9.23. The second kappa shape index (κ2) is 8.54. The van der Waals surface area contributed by atoms with Gasteiger partial charge in [-0.2, -0.15) is 0 Å². The van der Waals surface area contributed by atoms with E-state index < -0.39 is 15.9 Å². The van der Waals surface area contributed by atoms with Crippen LogP contribution < -0.4 is 20.3 Å². The first-order chi connectivity index (χ1) is 14.1. The van der Waals surface area contributed by atoms with Gasteiger partial charge in [0.2, 0.25) is 21.8 Å². The first kappa shape index (κ1) is 21.3. The topological polar surface area (TPSA) is 125 Å². The Morgan fingerprint density at radius 3 is 2.40 bits per heavy atom. The summed E-state index contributed by atoms with van der Waals surface area (Å²) in [5.41, 5.74) is 1.59. The Morgan fingerprint density at radius 2 is 1.77 bits per heavy atom. The van der Waals surface area contributed by atoms with Gasteiger partial charge in [0.05, 0.1) is 17.5 Å². The Morgan fingerprint density at radius 1 is 1.03 bits per heavy atom. The van der Waals surface area contributed by atoms with Gasteiger partial charge in [-0.25, -0.2) is 8.42 Å². The van der Waals surface area contributed by atoms with Gasteiger partial charge in [0.1, 0.15) is 0 Å². The third-order valence-electron chi connectivity index (χ3n) is 4.37. The summed E-state index contributed by atoms with van der Waals surface area (Å²) >= 11 is 0. The summed E-state index contributed by atoms with van der Waals surface area (Å²) < 4.78 is 25.6. The lowest BCUT2D eigenvalue weighted by atomic mass is 10.1. The lowest BCUT2D eigenvalue weighted by molar-refractivity contribution is -0.117. The number of amides is 3. The molecule has 0 spiro atoms. The molecule has 1 aliphatic heterocycles. The first-order valence-corrected chi connectivity index (χ1v) is 11.1. The highest BCUT2D eigenvalue weighted by Crippen LogP contribution is 2.26. The van der Waals surface area contributed by atoms with E-state index in [2.05, 4.69) is 15.4 Å². The number of hydrogen-bond donors (Lipinski definition) is 3. The number of benzene rings is 2. The van der Waals surface area contributed by atoms with Crippen LogP contribution >= 0.6 is 0 Å². The molecule has 158 valence electrons. The van der Waals surface area contributed by atoms with Crippen LogP contribution in [0.4, 0.5) is 22.7 Å². The van der Waals surface area contributed by atoms with Crippen molar-refractivity contribution in [1.29, 1.82) is 0 Å². The molecule has 0 radical (unpaired) electrons. The molecule has 1 fully saturated rings. The minimum absolute atomic E-state index is 0.0288. The number of nitrogens with one attached hydrogen (secondary N) is 3. The Balaban J connectivity index is 1.89. The number of nitrogens with zero attached hydrogens (tertiary/aromatic N) is 1. The van der Waals surface area contributed by atoms with Crippen LogP contribution in [0.3, 0.4) is 0 Å². The van der Waals surface area contributed by atoms with E-state index in [1.54, 1.807) is 29.2 Å². The van der Waals surface area contributed by atoms with E-state index in [0.717, 1.165) is 12.7 Å². The molecule has 10 heteroatoms. The minimum atomic E-state index is -3.63. The number of carbonyl (C=O) groups excluding carboxylic acids is 3. The van der Waals surface area contributed by atoms with Crippen molar-refractivity contribution in [2.45, 2.75) is 19.8 Å². The van der Waals surface area contributed by atoms with Crippen molar-refractivity contribution in [2.24, 2.45) is 0 Å². The van der Waals surface area contributed by atoms with Gasteiger partial charge >= 0.3 is 0 Å². The third kappa shape index (κ3) is 5.35. The van der Waals surface area contributed by atoms with Crippen LogP contribution in [0.25, 0.3) is 0 Å². The van der Waals surface area contributed by atoms with Crippen molar-refractivity contribution >= 4 is 50.5 Å². The fourth-order valence-corrected chi connectivity index (χ4v) is 3.75. The van der Waals surface area contributed by atoms with E-state index >= 15 is 0 Å². The molecule has 3 N–H and O–H groups in total. The van der Waals surface area contributed by atoms with E-state index in [1.165, 1.54) is 25.1 Å². The highest BCUT2D eigenvalue weighted by atomic mass is 32.2. The van der Waals surface area contributed by atoms with Gasteiger partial charge in [-0.15, -0.1) is 0 Å². The van der Waals surface area contributed by atoms with Crippen LogP contribution in [0.15, 0.2) is 42.5 Å². The summed E-state index contributed by atoms with van der Waals surface area (Å²) in [6.45, 7) is 1.95. The number of rotatable bonds is 6. The fraction of sp³-hybridized carbons (Fsp3) is 0.250. The monoisotopic (exact) mass is 430 g/mol. The highest BCUT2D eigenvalue weighted by molar-refractivity contribution is 7.92. The van der Waals surface area contributed by atoms with E-state index in [1.807, 2.05) is 0 Å². The molecule has 2 aromatic rings. The lowest BCUT2D eigenvalue weighted by Gasteiger charge is -2.17. The second-order valence-electron chi connectivity index (χ2n) is 6.97. The summed E-state index contributed by atoms with van der Waals surface area (Å²) in [6.07, 6.45) is 2.26. The maximum Gasteiger partial charge on any atom is 0.257 e. The number of anilines is 4. The molecule has 0 bridgehead atoms. The van der Waals surface area contributed by atoms with Crippen LogP contribution in [-0.4, -0.2) is 38.9 Å². The van der Waals surface area contributed by atoms with Gasteiger partial charge in [0.15, 0.2) is 0 Å². The normalized spacial score (nSPS) is 13.8. The summed E-state index contributed by atoms with van der Waals surface area (Å²) in [7, 11) is -3.63. The summed E-state index contributed by atoms with van der Waals surface area (Å²) in [5.74, 6) is -0.868. The minimum Gasteiger partial charge on any atom is -0.326 e. The van der Waals surface area contributed by atoms with Gasteiger partial charge < -0.3 is 15.5 Å². The zero-order valence-electron chi connectivity index (χ0n) is 16.6. The lowest BCUT2D eigenvalue weighted by Crippen LogP contribution is -2.24. The quantitative estimate of drug-likeness (QED) is 0.649. The molecule has 0 atom stereocenters. The maximum absolute atomic E-state index is 12.9. The smallest absolute Gasteiger partial charge is 0.257 e. The fourth-order valence-electron chi connectivity index (χ4n) is 3.17. The molecule has 3 rings (SSSR count). The molecular weight excluding hydrogens is 408 g/mol. The average Bonchev–Trinajstić information content (AvgIpc) is 3.07. The average molecular weight is 430 g/mol. The Bertz CT molecular complexity index is 1110. The largest absolute Gasteiger partial charge is 0.326 e. The second-order valence-corrected chi connectivity index (χ2v) is 8.72. The van der Waals surface area contributed by atoms with Crippen LogP contribution in [0.1, 0.15) is 30.1 Å². The zero-order chi connectivity index (χ0) is 21.9. The van der Waals surface area contributed by atoms with E-state index in [0.29, 0.717) is 30.0 Å². The molecule has 30 heavy (non-hydrogen) atoms. The molecule has 0 saturated carbocycles. The standard InChI is InChI=1S/C20H22N4O5S/c1-13(25)21-15-8-9-18(23-30(2,28)29)17(12-15)20(27)22-14-5-3-6-16(11-14)24-10-4-7-19(24)26/h3,5-6,8-9,11-12,23H,4,7,10H2,1-2H3,(H,21,25)(H,22,27). The molecule has 9 nitrogen and oxygen atoms in total. The number of carbonyl (C=O) groups is 3. The maximum atomic E-state index is 12.9. The Labute approximate surface area is 174 Å². The summed E-state index contributed by atoms with van der Waals surface area (Å²) in [6, 6.07) is 11.1. The van der Waals surface area contributed by atoms with Crippen molar-refractivity contribution in [3.05, 3.63) is 48.0 Å². The predicted octanol–water partition coefficient (Wildman–Crippen LogP) is 2.40. The van der Waals surface area contributed by atoms with E-state index in [-0.39, 0.29) is 23.1 Å². The molecule has 3 amide bonds. The summed E-state index contributed by atoms with van der Waals surface area (Å²) in [5, 5.41) is 5.28. The van der Waals surface area contributed by atoms with Gasteiger partial charge in [-0.3, -0.25) is 19.1 Å². The molecule has 1 heterocycles. The number of hydrogen-bond acceptors (Lipinski definition) is 5. The van der Waals surface area contributed by atoms with Crippen molar-refractivity contribution in [1.82, 2.24) is 0 Å². The van der Waals surface area contributed by atoms with Crippen molar-refractivity contribution in [3.8, 4) is 0 Å². The molecular formula is C20H22N4O5S. The van der Waals surface area contributed by atoms with E-state index in [4.69, 9.17) is 0 Å². The van der Waals surface area contributed by atoms with Crippen molar-refractivity contribution < 1.29 is 22.8 Å². The Hall–Kier alpha value is -3.40. The molecule has 2 aromatic carbocycles. The molecule has 0 aromatic heterocycles. The molecule has 0 aliphatic carbocycles. The van der Waals surface area contributed by atoms with Crippen molar-refractivity contribution in [2.75, 3.05) is 33.1 Å². The van der Waals surface area contributed by atoms with Gasteiger partial charge in [0.25, 0.3) is 5.91 Å². The van der Waals surface area contributed by atoms with Crippen molar-refractivity contribution in [3.63, 3.8) is 0 Å². The third-order valence-corrected chi connectivity index (χ3v) is 4.96. The molecule has 1 aliphatic rings. The number of sulfonamides is 1. The predicted molar refractivity (Wildman–Crippen MR) is 115 cm³/mol. The zero-order valence-corrected chi connectivity index (χ0v) is 17.4. The van der Waals surface area contributed by atoms with Crippen LogP contribution in [0, 0.1) is 0 Å². The molecule has 0 unspecified atom stereocenters. The highest BCUT2D eigenvalue weighted by Gasteiger charge is 2.22. The van der Waals surface area contributed by atoms with Gasteiger partial charge in [-0.05, 0) is 42.8 Å². The van der Waals surface area contributed by atoms with E-state index in [9.17, 15) is 22.8 Å². The van der Waals surface area contributed by atoms with Crippen LogP contribution in [0.5, 0.6) is 0 Å². The van der Waals surface area contributed by atoms with Crippen LogP contribution in [0.2, 0.25) is 0 Å². The van der Waals surface area contributed by atoms with Gasteiger partial charge in [-0.1, -0.05) is 6.07 Å².